The smallest absolute Gasteiger partial charge is 0.341 e. The van der Waals surface area contributed by atoms with Gasteiger partial charge in [0, 0.05) is 5.56 Å². The summed E-state index contributed by atoms with van der Waals surface area (Å²) in [5, 5.41) is 0. The van der Waals surface area contributed by atoms with Gasteiger partial charge >= 0.3 is 5.97 Å². The van der Waals surface area contributed by atoms with Gasteiger partial charge in [-0.1, -0.05) is 91.0 Å². The summed E-state index contributed by atoms with van der Waals surface area (Å²) in [6.45, 7) is 3.62. The standard InChI is InChI=1S/C28H26O3/c1-3-25(28(30)31-4-2)27(29)26-20-23(19-22-13-9-6-10-14-22)16-18-24(26)17-15-21-11-7-5-8-12-21/h3,5-18,20H,4,19H2,1-2H3/b17-15+,25-3+. The van der Waals surface area contributed by atoms with Crippen LogP contribution in [0.25, 0.3) is 12.2 Å². The third-order valence-electron chi connectivity index (χ3n) is 4.90. The molecule has 0 aromatic heterocycles. The number of hydrogen-bond acceptors (Lipinski definition) is 3. The van der Waals surface area contributed by atoms with E-state index in [1.807, 2.05) is 78.9 Å². The zero-order valence-electron chi connectivity index (χ0n) is 17.9. The molecule has 0 N–H and O–H groups in total. The minimum absolute atomic E-state index is 0.0491. The van der Waals surface area contributed by atoms with Gasteiger partial charge in [0.1, 0.15) is 5.57 Å². The van der Waals surface area contributed by atoms with Gasteiger partial charge < -0.3 is 4.74 Å². The molecular formula is C28H26O3. The van der Waals surface area contributed by atoms with Gasteiger partial charge in [-0.05, 0) is 48.6 Å². The van der Waals surface area contributed by atoms with E-state index in [2.05, 4.69) is 12.1 Å². The van der Waals surface area contributed by atoms with Crippen molar-refractivity contribution in [1.82, 2.24) is 0 Å². The Bertz CT molecular complexity index is 1090. The number of carbonyl (C=O) groups is 2. The molecule has 0 amide bonds. The quantitative estimate of drug-likeness (QED) is 0.112. The Labute approximate surface area is 183 Å². The van der Waals surface area contributed by atoms with Crippen LogP contribution in [0.3, 0.4) is 0 Å². The molecule has 0 bridgehead atoms. The molecule has 0 unspecified atom stereocenters. The van der Waals surface area contributed by atoms with E-state index >= 15 is 0 Å². The second-order valence-corrected chi connectivity index (χ2v) is 7.08. The molecule has 3 aromatic rings. The first-order valence-electron chi connectivity index (χ1n) is 10.4. The Morgan fingerprint density at radius 1 is 0.839 bits per heavy atom. The largest absolute Gasteiger partial charge is 0.462 e. The van der Waals surface area contributed by atoms with Crippen LogP contribution in [0, 0.1) is 0 Å². The van der Waals surface area contributed by atoms with Crippen LogP contribution < -0.4 is 0 Å². The molecule has 3 heteroatoms. The number of allylic oxidation sites excluding steroid dienone is 1. The summed E-state index contributed by atoms with van der Waals surface area (Å²) >= 11 is 0. The maximum absolute atomic E-state index is 13.3. The number of benzene rings is 3. The minimum Gasteiger partial charge on any atom is -0.462 e. The Morgan fingerprint density at radius 2 is 1.52 bits per heavy atom. The van der Waals surface area contributed by atoms with Crippen molar-refractivity contribution in [3.63, 3.8) is 0 Å². The third kappa shape index (κ3) is 5.89. The monoisotopic (exact) mass is 410 g/mol. The highest BCUT2D eigenvalue weighted by molar-refractivity contribution is 6.25. The molecule has 31 heavy (non-hydrogen) atoms. The minimum atomic E-state index is -0.596. The lowest BCUT2D eigenvalue weighted by atomic mass is 9.93. The number of hydrogen-bond donors (Lipinski definition) is 0. The van der Waals surface area contributed by atoms with Crippen molar-refractivity contribution in [2.75, 3.05) is 6.61 Å². The number of ketones is 1. The molecular weight excluding hydrogens is 384 g/mol. The summed E-state index contributed by atoms with van der Waals surface area (Å²) in [4.78, 5) is 25.7. The molecule has 3 rings (SSSR count). The van der Waals surface area contributed by atoms with E-state index in [-0.39, 0.29) is 18.0 Å². The van der Waals surface area contributed by atoms with E-state index in [1.54, 1.807) is 13.8 Å². The van der Waals surface area contributed by atoms with E-state index in [0.717, 1.165) is 22.3 Å². The highest BCUT2D eigenvalue weighted by atomic mass is 16.5. The predicted molar refractivity (Wildman–Crippen MR) is 126 cm³/mol. The van der Waals surface area contributed by atoms with E-state index in [4.69, 9.17) is 4.74 Å². The molecule has 3 nitrogen and oxygen atoms in total. The molecule has 0 spiro atoms. The zero-order chi connectivity index (χ0) is 22.1. The summed E-state index contributed by atoms with van der Waals surface area (Å²) < 4.78 is 5.09. The molecule has 0 atom stereocenters. The first-order valence-corrected chi connectivity index (χ1v) is 10.4. The summed E-state index contributed by atoms with van der Waals surface area (Å²) in [5.74, 6) is -0.926. The first-order chi connectivity index (χ1) is 15.1. The van der Waals surface area contributed by atoms with Crippen molar-refractivity contribution >= 4 is 23.9 Å². The topological polar surface area (TPSA) is 43.4 Å². The van der Waals surface area contributed by atoms with Gasteiger partial charge in [0.15, 0.2) is 0 Å². The van der Waals surface area contributed by atoms with Crippen molar-refractivity contribution in [2.45, 2.75) is 20.3 Å². The summed E-state index contributed by atoms with van der Waals surface area (Å²) in [6, 6.07) is 25.8. The van der Waals surface area contributed by atoms with Gasteiger partial charge in [-0.3, -0.25) is 4.79 Å². The van der Waals surface area contributed by atoms with E-state index in [0.29, 0.717) is 12.0 Å². The van der Waals surface area contributed by atoms with Crippen LogP contribution in [0.1, 0.15) is 46.5 Å². The first kappa shape index (κ1) is 22.0. The van der Waals surface area contributed by atoms with Crippen LogP contribution >= 0.6 is 0 Å². The van der Waals surface area contributed by atoms with Gasteiger partial charge in [-0.15, -0.1) is 0 Å². The molecule has 3 aromatic carbocycles. The highest BCUT2D eigenvalue weighted by Crippen LogP contribution is 2.22. The van der Waals surface area contributed by atoms with Crippen molar-refractivity contribution < 1.29 is 14.3 Å². The van der Waals surface area contributed by atoms with E-state index in [9.17, 15) is 9.59 Å². The van der Waals surface area contributed by atoms with Crippen molar-refractivity contribution in [2.24, 2.45) is 0 Å². The number of carbonyl (C=O) groups excluding carboxylic acids is 2. The second kappa shape index (κ2) is 10.9. The number of esters is 1. The number of Topliss-reactive ketones (excluding diaryl/α,β-unsaturated/α-hetero) is 1. The van der Waals surface area contributed by atoms with Gasteiger partial charge in [0.05, 0.1) is 6.61 Å². The molecule has 0 aliphatic rings. The van der Waals surface area contributed by atoms with E-state index in [1.165, 1.54) is 6.08 Å². The lowest BCUT2D eigenvalue weighted by Crippen LogP contribution is -2.17. The van der Waals surface area contributed by atoms with Crippen molar-refractivity contribution in [1.29, 1.82) is 0 Å². The Hall–Kier alpha value is -3.72. The highest BCUT2D eigenvalue weighted by Gasteiger charge is 2.22. The van der Waals surface area contributed by atoms with Crippen LogP contribution in [-0.4, -0.2) is 18.4 Å². The average molecular weight is 411 g/mol. The fourth-order valence-corrected chi connectivity index (χ4v) is 3.33. The van der Waals surface area contributed by atoms with E-state index < -0.39 is 5.97 Å². The van der Waals surface area contributed by atoms with Crippen molar-refractivity contribution in [3.8, 4) is 0 Å². The average Bonchev–Trinajstić information content (AvgIpc) is 2.80. The van der Waals surface area contributed by atoms with Gasteiger partial charge in [-0.2, -0.15) is 0 Å². The lowest BCUT2D eigenvalue weighted by molar-refractivity contribution is -0.138. The molecule has 0 aliphatic heterocycles. The molecule has 156 valence electrons. The summed E-state index contributed by atoms with van der Waals surface area (Å²) in [6.07, 6.45) is 6.10. The Kier molecular flexibility index (Phi) is 7.72. The van der Waals surface area contributed by atoms with Crippen LogP contribution in [0.5, 0.6) is 0 Å². The maximum atomic E-state index is 13.3. The van der Waals surface area contributed by atoms with Crippen LogP contribution in [-0.2, 0) is 16.0 Å². The molecule has 0 radical (unpaired) electrons. The fraction of sp³-hybridized carbons (Fsp3) is 0.143. The maximum Gasteiger partial charge on any atom is 0.341 e. The number of rotatable bonds is 8. The molecule has 0 heterocycles. The predicted octanol–water partition coefficient (Wildman–Crippen LogP) is 6.14. The Morgan fingerprint density at radius 3 is 2.16 bits per heavy atom. The normalized spacial score (nSPS) is 11.5. The molecule has 0 saturated carbocycles. The van der Waals surface area contributed by atoms with Crippen LogP contribution in [0.4, 0.5) is 0 Å². The van der Waals surface area contributed by atoms with Crippen LogP contribution in [0.2, 0.25) is 0 Å². The second-order valence-electron chi connectivity index (χ2n) is 7.08. The SMILES string of the molecule is C/C=C(/C(=O)OCC)C(=O)c1cc(Cc2ccccc2)ccc1/C=C/c1ccccc1. The molecule has 0 saturated heterocycles. The van der Waals surface area contributed by atoms with Gasteiger partial charge in [0.2, 0.25) is 5.78 Å². The Balaban J connectivity index is 2.00. The summed E-state index contributed by atoms with van der Waals surface area (Å²) in [7, 11) is 0. The lowest BCUT2D eigenvalue weighted by Gasteiger charge is -2.11. The molecule has 0 fully saturated rings. The van der Waals surface area contributed by atoms with Crippen LogP contribution in [0.15, 0.2) is 90.5 Å². The molecule has 0 aliphatic carbocycles. The summed E-state index contributed by atoms with van der Waals surface area (Å²) in [5.41, 5.74) is 4.49. The van der Waals surface area contributed by atoms with Crippen molar-refractivity contribution in [3.05, 3.63) is 118 Å². The zero-order valence-corrected chi connectivity index (χ0v) is 17.9. The fourth-order valence-electron chi connectivity index (χ4n) is 3.33. The van der Waals surface area contributed by atoms with Gasteiger partial charge in [-0.25, -0.2) is 4.79 Å². The van der Waals surface area contributed by atoms with Gasteiger partial charge in [0.25, 0.3) is 0 Å². The number of ether oxygens (including phenoxy) is 1. The third-order valence-corrected chi connectivity index (χ3v) is 4.90.